The second kappa shape index (κ2) is 28.4. The molecule has 1 fully saturated rings. The van der Waals surface area contributed by atoms with Gasteiger partial charge in [-0.3, -0.25) is 48.1 Å². The first-order valence-electron chi connectivity index (χ1n) is 20.1. The third-order valence-electron chi connectivity index (χ3n) is 9.56. The molecule has 0 aromatic heterocycles. The van der Waals surface area contributed by atoms with E-state index in [9.17, 15) is 63.3 Å². The van der Waals surface area contributed by atoms with Crippen LogP contribution in [-0.2, 0) is 47.9 Å². The van der Waals surface area contributed by atoms with Crippen LogP contribution in [0.3, 0.4) is 0 Å². The number of likely N-dealkylation sites (tertiary alicyclic amines) is 1. The van der Waals surface area contributed by atoms with E-state index in [1.165, 1.54) is 4.90 Å². The summed E-state index contributed by atoms with van der Waals surface area (Å²) < 4.78 is 0. The van der Waals surface area contributed by atoms with Gasteiger partial charge < -0.3 is 80.6 Å². The first-order valence-corrected chi connectivity index (χ1v) is 20.1. The molecule has 0 spiro atoms. The topological polar surface area (TPSA) is 457 Å². The molecule has 1 saturated heterocycles. The summed E-state index contributed by atoms with van der Waals surface area (Å²) in [5, 5.41) is 49.2. The van der Waals surface area contributed by atoms with Crippen molar-refractivity contribution in [1.29, 1.82) is 0 Å². The fourth-order valence-electron chi connectivity index (χ4n) is 6.34. The first kappa shape index (κ1) is 53.9. The molecule has 0 radical (unpaired) electrons. The molecule has 0 aromatic rings. The number of unbranched alkanes of at least 4 members (excludes halogenated alkanes) is 2. The number of carboxylic acids is 4. The van der Waals surface area contributed by atoms with Crippen LogP contribution in [0.1, 0.15) is 89.9 Å². The van der Waals surface area contributed by atoms with Crippen LogP contribution in [0.5, 0.6) is 0 Å². The van der Waals surface area contributed by atoms with E-state index in [1.807, 2.05) is 0 Å². The van der Waals surface area contributed by atoms with E-state index in [2.05, 4.69) is 31.6 Å². The van der Waals surface area contributed by atoms with Crippen LogP contribution in [-0.4, -0.2) is 159 Å². The fraction of sp³-hybridized carbons (Fsp3) is 0.694. The predicted molar refractivity (Wildman–Crippen MR) is 217 cm³/mol. The lowest BCUT2D eigenvalue weighted by molar-refractivity contribution is -0.144. The van der Waals surface area contributed by atoms with Gasteiger partial charge in [0.05, 0.1) is 18.9 Å². The van der Waals surface area contributed by atoms with Crippen LogP contribution in [0.25, 0.3) is 0 Å². The van der Waals surface area contributed by atoms with Crippen molar-refractivity contribution in [3.8, 4) is 0 Å². The van der Waals surface area contributed by atoms with Crippen LogP contribution in [0, 0.1) is 0 Å². The van der Waals surface area contributed by atoms with Gasteiger partial charge in [0.1, 0.15) is 36.3 Å². The standard InChI is InChI=1S/C36H62N12O14/c37-13-3-1-7-22(45-31(57)21(11-12-26(49)50)43-29(55)19(39)17-27(51)52)34(60)48-16-6-10-25(48)33(59)44-20(9-5-15-42-36(40)41)30(56)47-24(18-28(53)54)32(58)46-23(35(61)62)8-2-4-14-38/h19-25H,1-18,37-39H2,(H,43,55)(H,44,59)(H,45,57)(H,46,58)(H,47,56)(H,49,50)(H,51,52)(H,53,54)(H,61,62)(H4,40,41,42)/t19-,20-,21-,22-,23-,24-,25-/m0/s1. The van der Waals surface area contributed by atoms with Gasteiger partial charge in [-0.2, -0.15) is 0 Å². The maximum absolute atomic E-state index is 14.1. The van der Waals surface area contributed by atoms with Crippen molar-refractivity contribution in [2.75, 3.05) is 26.2 Å². The van der Waals surface area contributed by atoms with Crippen molar-refractivity contribution >= 4 is 65.3 Å². The zero-order chi connectivity index (χ0) is 46.9. The number of nitrogens with two attached hydrogens (primary N) is 5. The van der Waals surface area contributed by atoms with Crippen LogP contribution >= 0.6 is 0 Å². The normalized spacial score (nSPS) is 16.2. The Kier molecular flexibility index (Phi) is 24.7. The zero-order valence-electron chi connectivity index (χ0n) is 34.4. The molecule has 19 N–H and O–H groups in total. The lowest BCUT2D eigenvalue weighted by Gasteiger charge is -2.31. The van der Waals surface area contributed by atoms with Gasteiger partial charge in [-0.15, -0.1) is 0 Å². The van der Waals surface area contributed by atoms with Crippen LogP contribution in [0.4, 0.5) is 0 Å². The zero-order valence-corrected chi connectivity index (χ0v) is 34.4. The van der Waals surface area contributed by atoms with Gasteiger partial charge in [-0.1, -0.05) is 0 Å². The summed E-state index contributed by atoms with van der Waals surface area (Å²) in [6, 6.07) is -10.4. The van der Waals surface area contributed by atoms with E-state index in [0.29, 0.717) is 32.1 Å². The third-order valence-corrected chi connectivity index (χ3v) is 9.56. The number of guanidine groups is 1. The lowest BCUT2D eigenvalue weighted by Crippen LogP contribution is -2.59. The highest BCUT2D eigenvalue weighted by Gasteiger charge is 2.40. The van der Waals surface area contributed by atoms with E-state index in [0.717, 1.165) is 0 Å². The Balaban J connectivity index is 3.39. The maximum atomic E-state index is 14.1. The molecule has 0 bridgehead atoms. The number of nitrogens with zero attached hydrogens (tertiary/aromatic N) is 2. The lowest BCUT2D eigenvalue weighted by atomic mass is 10.0. The highest BCUT2D eigenvalue weighted by molar-refractivity contribution is 5.98. The quantitative estimate of drug-likeness (QED) is 0.0176. The van der Waals surface area contributed by atoms with Gasteiger partial charge in [0.2, 0.25) is 35.4 Å². The van der Waals surface area contributed by atoms with Crippen molar-refractivity contribution in [3.05, 3.63) is 0 Å². The number of rotatable bonds is 31. The molecule has 0 saturated carbocycles. The van der Waals surface area contributed by atoms with Gasteiger partial charge in [-0.25, -0.2) is 4.79 Å². The molecule has 0 unspecified atom stereocenters. The minimum absolute atomic E-state index is 0.0106. The molecule has 1 heterocycles. The third kappa shape index (κ3) is 20.4. The molecule has 0 aliphatic carbocycles. The molecular weight excluding hydrogens is 824 g/mol. The summed E-state index contributed by atoms with van der Waals surface area (Å²) in [7, 11) is 0. The van der Waals surface area contributed by atoms with Crippen molar-refractivity contribution in [3.63, 3.8) is 0 Å². The van der Waals surface area contributed by atoms with E-state index in [4.69, 9.17) is 33.8 Å². The number of hydrogen-bond donors (Lipinski definition) is 14. The number of carboxylic acid groups (broad SMARTS) is 4. The van der Waals surface area contributed by atoms with Gasteiger partial charge in [0.15, 0.2) is 5.96 Å². The van der Waals surface area contributed by atoms with Crippen molar-refractivity contribution < 1.29 is 68.4 Å². The summed E-state index contributed by atoms with van der Waals surface area (Å²) >= 11 is 0. The molecule has 1 aliphatic heterocycles. The van der Waals surface area contributed by atoms with Gasteiger partial charge in [0, 0.05) is 19.5 Å². The van der Waals surface area contributed by atoms with Crippen LogP contribution in [0.15, 0.2) is 4.99 Å². The molecule has 1 rings (SSSR count). The summed E-state index contributed by atoms with van der Waals surface area (Å²) in [5.74, 6) is -11.7. The number of carbonyl (C=O) groups excluding carboxylic acids is 6. The largest absolute Gasteiger partial charge is 0.481 e. The SMILES string of the molecule is NCCCC[C@H](NC(=O)[C@H](CC(=O)O)NC(=O)[C@H](CCCN=C(N)N)NC(=O)[C@@H]1CCCN1C(=O)[C@H](CCCCN)NC(=O)[C@H](CCC(=O)O)NC(=O)[C@@H](N)CC(=O)O)C(=O)O. The Hall–Kier alpha value is -6.15. The van der Waals surface area contributed by atoms with Crippen LogP contribution < -0.4 is 55.3 Å². The Morgan fingerprint density at radius 1 is 0.597 bits per heavy atom. The molecule has 0 aromatic carbocycles. The molecule has 62 heavy (non-hydrogen) atoms. The number of nitrogens with one attached hydrogen (secondary N) is 5. The molecule has 26 nitrogen and oxygen atoms in total. The van der Waals surface area contributed by atoms with Crippen molar-refractivity contribution in [2.24, 2.45) is 33.7 Å². The van der Waals surface area contributed by atoms with E-state index < -0.39 is 127 Å². The van der Waals surface area contributed by atoms with Gasteiger partial charge in [0.25, 0.3) is 0 Å². The van der Waals surface area contributed by atoms with Crippen molar-refractivity contribution in [1.82, 2.24) is 31.5 Å². The Labute approximate surface area is 356 Å². The summed E-state index contributed by atoms with van der Waals surface area (Å²) in [6.45, 7) is 0.488. The fourth-order valence-corrected chi connectivity index (χ4v) is 6.34. The molecule has 6 amide bonds. The Bertz CT molecular complexity index is 1610. The first-order chi connectivity index (χ1) is 29.2. The predicted octanol–water partition coefficient (Wildman–Crippen LogP) is -5.06. The monoisotopic (exact) mass is 886 g/mol. The molecule has 350 valence electrons. The maximum Gasteiger partial charge on any atom is 0.326 e. The number of hydrogen-bond acceptors (Lipinski definition) is 14. The minimum atomic E-state index is -1.78. The van der Waals surface area contributed by atoms with E-state index in [-0.39, 0.29) is 64.2 Å². The summed E-state index contributed by atoms with van der Waals surface area (Å²) in [4.78, 5) is 132. The highest BCUT2D eigenvalue weighted by Crippen LogP contribution is 2.21. The summed E-state index contributed by atoms with van der Waals surface area (Å²) in [6.07, 6.45) is -1.06. The smallest absolute Gasteiger partial charge is 0.326 e. The number of aliphatic carboxylic acids is 4. The van der Waals surface area contributed by atoms with Gasteiger partial charge in [-0.05, 0) is 83.7 Å². The molecule has 7 atom stereocenters. The Morgan fingerprint density at radius 3 is 1.63 bits per heavy atom. The minimum Gasteiger partial charge on any atom is -0.481 e. The number of carbonyl (C=O) groups is 10. The van der Waals surface area contributed by atoms with E-state index in [1.54, 1.807) is 0 Å². The number of amides is 6. The molecule has 26 heteroatoms. The van der Waals surface area contributed by atoms with Gasteiger partial charge >= 0.3 is 23.9 Å². The molecular formula is C36H62N12O14. The Morgan fingerprint density at radius 2 is 1.10 bits per heavy atom. The van der Waals surface area contributed by atoms with Crippen LogP contribution in [0.2, 0.25) is 0 Å². The van der Waals surface area contributed by atoms with Crippen molar-refractivity contribution in [2.45, 2.75) is 132 Å². The second-order valence-electron chi connectivity index (χ2n) is 14.6. The average molecular weight is 887 g/mol. The highest BCUT2D eigenvalue weighted by atomic mass is 16.4. The van der Waals surface area contributed by atoms with E-state index >= 15 is 0 Å². The number of aliphatic imine (C=N–C) groups is 1. The summed E-state index contributed by atoms with van der Waals surface area (Å²) in [5.41, 5.74) is 27.5. The average Bonchev–Trinajstić information content (AvgIpc) is 3.69. The second-order valence-corrected chi connectivity index (χ2v) is 14.6. The molecule has 1 aliphatic rings.